The average Bonchev–Trinajstić information content (AvgIpc) is 2.68. The summed E-state index contributed by atoms with van der Waals surface area (Å²) >= 11 is 0. The number of esters is 1. The smallest absolute Gasteiger partial charge is 0.314 e. The number of rotatable bonds is 3. The lowest BCUT2D eigenvalue weighted by atomic mass is 9.66. The number of para-hydroxylation sites is 1. The summed E-state index contributed by atoms with van der Waals surface area (Å²) in [7, 11) is 1.35. The Morgan fingerprint density at radius 1 is 1.40 bits per heavy atom. The van der Waals surface area contributed by atoms with Crippen LogP contribution in [-0.4, -0.2) is 25.5 Å². The fourth-order valence-corrected chi connectivity index (χ4v) is 2.97. The lowest BCUT2D eigenvalue weighted by Gasteiger charge is -2.34. The molecule has 0 aromatic heterocycles. The zero-order valence-corrected chi connectivity index (χ0v) is 12.2. The quantitative estimate of drug-likeness (QED) is 0.795. The van der Waals surface area contributed by atoms with Crippen molar-refractivity contribution in [3.05, 3.63) is 37.3 Å². The van der Waals surface area contributed by atoms with Crippen LogP contribution in [0.5, 0.6) is 0 Å². The van der Waals surface area contributed by atoms with Gasteiger partial charge in [0.05, 0.1) is 17.9 Å². The van der Waals surface area contributed by atoms with E-state index in [1.807, 2.05) is 37.3 Å². The standard InChI is InChI=1S/C16H20NO3/c1-5-16(14(19)20-4)11-17(13(18)15(16,2)3)12-9-7-6-8-10-12/h6-10H,2,5,11H2,1,3-4H3. The van der Waals surface area contributed by atoms with Crippen molar-refractivity contribution >= 4 is 17.6 Å². The van der Waals surface area contributed by atoms with Crippen molar-refractivity contribution in [1.82, 2.24) is 0 Å². The van der Waals surface area contributed by atoms with Crippen molar-refractivity contribution < 1.29 is 14.3 Å². The Labute approximate surface area is 119 Å². The average molecular weight is 274 g/mol. The number of carbonyl (C=O) groups is 2. The monoisotopic (exact) mass is 274 g/mol. The van der Waals surface area contributed by atoms with Crippen LogP contribution in [0, 0.1) is 17.8 Å². The Morgan fingerprint density at radius 3 is 2.50 bits per heavy atom. The molecular weight excluding hydrogens is 254 g/mol. The SMILES string of the molecule is [CH2]C1(C)C(=O)N(c2ccccc2)CC1(CC)C(=O)OC. The number of benzene rings is 1. The lowest BCUT2D eigenvalue weighted by molar-refractivity contribution is -0.158. The Hall–Kier alpha value is -1.84. The molecule has 2 unspecified atom stereocenters. The molecule has 1 aliphatic rings. The highest BCUT2D eigenvalue weighted by molar-refractivity contribution is 6.06. The van der Waals surface area contributed by atoms with Crippen LogP contribution in [0.15, 0.2) is 30.3 Å². The van der Waals surface area contributed by atoms with E-state index in [4.69, 9.17) is 4.74 Å². The van der Waals surface area contributed by atoms with E-state index < -0.39 is 10.8 Å². The summed E-state index contributed by atoms with van der Waals surface area (Å²) in [5.41, 5.74) is -1.15. The molecule has 1 aromatic carbocycles. The fourth-order valence-electron chi connectivity index (χ4n) is 2.97. The molecule has 1 heterocycles. The number of amides is 1. The van der Waals surface area contributed by atoms with Gasteiger partial charge in [-0.1, -0.05) is 25.1 Å². The highest BCUT2D eigenvalue weighted by Gasteiger charge is 2.62. The Bertz CT molecular complexity index is 524. The van der Waals surface area contributed by atoms with E-state index in [1.54, 1.807) is 11.8 Å². The number of anilines is 1. The molecular formula is C16H20NO3. The maximum absolute atomic E-state index is 12.7. The first-order valence-corrected chi connectivity index (χ1v) is 6.71. The largest absolute Gasteiger partial charge is 0.469 e. The van der Waals surface area contributed by atoms with Crippen molar-refractivity contribution in [3.63, 3.8) is 0 Å². The predicted octanol–water partition coefficient (Wildman–Crippen LogP) is 2.44. The second-order valence-electron chi connectivity index (χ2n) is 5.49. The Kier molecular flexibility index (Phi) is 3.59. The summed E-state index contributed by atoms with van der Waals surface area (Å²) in [5.74, 6) is -0.514. The highest BCUT2D eigenvalue weighted by atomic mass is 16.5. The number of ether oxygens (including phenoxy) is 1. The van der Waals surface area contributed by atoms with Gasteiger partial charge in [0.25, 0.3) is 0 Å². The minimum absolute atomic E-state index is 0.143. The van der Waals surface area contributed by atoms with Crippen molar-refractivity contribution in [3.8, 4) is 0 Å². The predicted molar refractivity (Wildman–Crippen MR) is 77.0 cm³/mol. The molecule has 0 aliphatic carbocycles. The van der Waals surface area contributed by atoms with Gasteiger partial charge in [-0.05, 0) is 32.4 Å². The van der Waals surface area contributed by atoms with Crippen LogP contribution in [0.2, 0.25) is 0 Å². The van der Waals surface area contributed by atoms with E-state index in [9.17, 15) is 9.59 Å². The summed E-state index contributed by atoms with van der Waals surface area (Å²) < 4.78 is 4.94. The molecule has 1 saturated heterocycles. The van der Waals surface area contributed by atoms with Gasteiger partial charge in [0.15, 0.2) is 0 Å². The summed E-state index contributed by atoms with van der Waals surface area (Å²) in [4.78, 5) is 26.6. The summed E-state index contributed by atoms with van der Waals surface area (Å²) in [6.07, 6.45) is 0.509. The van der Waals surface area contributed by atoms with E-state index >= 15 is 0 Å². The molecule has 0 bridgehead atoms. The van der Waals surface area contributed by atoms with Crippen LogP contribution in [0.25, 0.3) is 0 Å². The second kappa shape index (κ2) is 4.93. The maximum Gasteiger partial charge on any atom is 0.314 e. The van der Waals surface area contributed by atoms with Crippen molar-refractivity contribution in [2.75, 3.05) is 18.6 Å². The molecule has 20 heavy (non-hydrogen) atoms. The van der Waals surface area contributed by atoms with Crippen molar-refractivity contribution in [2.24, 2.45) is 10.8 Å². The molecule has 0 spiro atoms. The van der Waals surface area contributed by atoms with Crippen LogP contribution in [0.3, 0.4) is 0 Å². The van der Waals surface area contributed by atoms with Gasteiger partial charge in [0.1, 0.15) is 0 Å². The minimum Gasteiger partial charge on any atom is -0.469 e. The van der Waals surface area contributed by atoms with Gasteiger partial charge in [0, 0.05) is 12.2 Å². The lowest BCUT2D eigenvalue weighted by Crippen LogP contribution is -2.45. The third-order valence-electron chi connectivity index (χ3n) is 4.45. The Balaban J connectivity index is 2.48. The van der Waals surface area contributed by atoms with Crippen molar-refractivity contribution in [1.29, 1.82) is 0 Å². The first-order chi connectivity index (χ1) is 9.40. The zero-order chi connectivity index (χ0) is 15.0. The van der Waals surface area contributed by atoms with Crippen LogP contribution < -0.4 is 4.90 Å². The number of methoxy groups -OCH3 is 1. The molecule has 0 saturated carbocycles. The van der Waals surface area contributed by atoms with Crippen LogP contribution in [0.4, 0.5) is 5.69 Å². The molecule has 1 aromatic rings. The first kappa shape index (κ1) is 14.6. The van der Waals surface area contributed by atoms with Crippen LogP contribution >= 0.6 is 0 Å². The number of hydrogen-bond acceptors (Lipinski definition) is 3. The Morgan fingerprint density at radius 2 is 2.00 bits per heavy atom. The molecule has 2 rings (SSSR count). The van der Waals surface area contributed by atoms with E-state index in [0.29, 0.717) is 13.0 Å². The van der Waals surface area contributed by atoms with Crippen LogP contribution in [-0.2, 0) is 14.3 Å². The van der Waals surface area contributed by atoms with Crippen molar-refractivity contribution in [2.45, 2.75) is 20.3 Å². The number of nitrogens with zero attached hydrogens (tertiary/aromatic N) is 1. The first-order valence-electron chi connectivity index (χ1n) is 6.71. The molecule has 1 aliphatic heterocycles. The molecule has 0 N–H and O–H groups in total. The molecule has 1 fully saturated rings. The van der Waals surface area contributed by atoms with Gasteiger partial charge in [-0.25, -0.2) is 0 Å². The zero-order valence-electron chi connectivity index (χ0n) is 12.2. The summed E-state index contributed by atoms with van der Waals surface area (Å²) in [6.45, 7) is 7.94. The molecule has 4 nitrogen and oxygen atoms in total. The van der Waals surface area contributed by atoms with E-state index in [1.165, 1.54) is 7.11 Å². The summed E-state index contributed by atoms with van der Waals surface area (Å²) in [5, 5.41) is 0. The van der Waals surface area contributed by atoms with E-state index in [2.05, 4.69) is 6.92 Å². The second-order valence-corrected chi connectivity index (χ2v) is 5.49. The van der Waals surface area contributed by atoms with Crippen LogP contribution in [0.1, 0.15) is 20.3 Å². The third-order valence-corrected chi connectivity index (χ3v) is 4.45. The fraction of sp³-hybridized carbons (Fsp3) is 0.438. The number of hydrogen-bond donors (Lipinski definition) is 0. The van der Waals surface area contributed by atoms with Gasteiger partial charge in [-0.2, -0.15) is 0 Å². The van der Waals surface area contributed by atoms with E-state index in [0.717, 1.165) is 5.69 Å². The van der Waals surface area contributed by atoms with E-state index in [-0.39, 0.29) is 11.9 Å². The normalized spacial score (nSPS) is 24.8. The molecule has 1 radical (unpaired) electrons. The topological polar surface area (TPSA) is 46.6 Å². The highest BCUT2D eigenvalue weighted by Crippen LogP contribution is 2.50. The van der Waals surface area contributed by atoms with Gasteiger partial charge < -0.3 is 9.64 Å². The molecule has 1 amide bonds. The summed E-state index contributed by atoms with van der Waals surface area (Å²) in [6, 6.07) is 9.34. The minimum atomic E-state index is -1.02. The molecule has 107 valence electrons. The molecule has 4 heteroatoms. The van der Waals surface area contributed by atoms with Gasteiger partial charge in [-0.3, -0.25) is 9.59 Å². The third kappa shape index (κ3) is 1.82. The maximum atomic E-state index is 12.7. The molecule has 2 atom stereocenters. The number of carbonyl (C=O) groups excluding carboxylic acids is 2. The van der Waals surface area contributed by atoms with Gasteiger partial charge >= 0.3 is 5.97 Å². The van der Waals surface area contributed by atoms with Gasteiger partial charge in [-0.15, -0.1) is 0 Å². The van der Waals surface area contributed by atoms with Gasteiger partial charge in [0.2, 0.25) is 5.91 Å².